The molecule has 68 heavy (non-hydrogen) atoms. The molecule has 0 spiro atoms. The van der Waals surface area contributed by atoms with E-state index in [0.717, 1.165) is 75.7 Å². The van der Waals surface area contributed by atoms with Gasteiger partial charge in [-0.25, -0.2) is 36.7 Å². The predicted molar refractivity (Wildman–Crippen MR) is 239 cm³/mol. The lowest BCUT2D eigenvalue weighted by atomic mass is 9.85. The number of carbonyl (C=O) groups excluding carboxylic acids is 4. The van der Waals surface area contributed by atoms with Gasteiger partial charge in [0.2, 0.25) is 11.8 Å². The maximum atomic E-state index is 14.7. The van der Waals surface area contributed by atoms with Crippen LogP contribution in [0.3, 0.4) is 0 Å². The summed E-state index contributed by atoms with van der Waals surface area (Å²) in [5.41, 5.74) is 1.45. The van der Waals surface area contributed by atoms with Crippen LogP contribution in [0.1, 0.15) is 117 Å². The Morgan fingerprint density at radius 1 is 1.01 bits per heavy atom. The first-order valence-electron chi connectivity index (χ1n) is 23.6. The van der Waals surface area contributed by atoms with Gasteiger partial charge < -0.3 is 20.3 Å². The standard InChI is InChI=1S/C46H54F4N12O6/c1-57-38-27(5-2-7-32(38)61(45(57)67)34-13-14-36(63)54-43(34)65)6-4-22-68-29-15-19-58(20-16-29)24-26-9-11-28(12-10-26)60-25-31(37(56-60)40(47)48)52-42(64)30-23-51-59-21-17-35(53-41(30)59)62-33-8-3-18-46(49,50)39(33)55-44(62)66/h2,5,7,17,21,23,25-26,28-29,33-34,39-40H,3-4,6,8-16,18-20,22,24H2,1H3,(H,52,64)(H,55,66)(H,54,63,65)/t26?,28?,33-,34?,39-/m1/s1. The van der Waals surface area contributed by atoms with E-state index in [4.69, 9.17) is 4.74 Å². The number of likely N-dealkylation sites (tertiary alicyclic amines) is 1. The van der Waals surface area contributed by atoms with Gasteiger partial charge in [-0.05, 0) is 94.2 Å². The molecule has 3 aliphatic heterocycles. The molecule has 2 saturated carbocycles. The second-order valence-electron chi connectivity index (χ2n) is 18.9. The lowest BCUT2D eigenvalue weighted by Crippen LogP contribution is -2.51. The molecule has 1 unspecified atom stereocenters. The van der Waals surface area contributed by atoms with Gasteiger partial charge in [-0.2, -0.15) is 10.2 Å². The summed E-state index contributed by atoms with van der Waals surface area (Å²) < 4.78 is 70.3. The van der Waals surface area contributed by atoms with Crippen molar-refractivity contribution in [3.05, 3.63) is 70.2 Å². The van der Waals surface area contributed by atoms with Gasteiger partial charge in [0.15, 0.2) is 11.3 Å². The second-order valence-corrected chi connectivity index (χ2v) is 18.9. The van der Waals surface area contributed by atoms with Gasteiger partial charge in [0.05, 0.1) is 41.1 Å². The number of nitrogens with one attached hydrogen (secondary N) is 3. The van der Waals surface area contributed by atoms with Crippen LogP contribution in [0.25, 0.3) is 16.7 Å². The van der Waals surface area contributed by atoms with Gasteiger partial charge in [-0.3, -0.25) is 38.4 Å². The third kappa shape index (κ3) is 8.64. The number of aromatic nitrogens is 7. The fourth-order valence-corrected chi connectivity index (χ4v) is 11.1. The molecule has 0 radical (unpaired) electrons. The van der Waals surface area contributed by atoms with E-state index in [0.29, 0.717) is 30.9 Å². The summed E-state index contributed by atoms with van der Waals surface area (Å²) >= 11 is 0. The molecule has 10 rings (SSSR count). The molecular formula is C46H54F4N12O6. The van der Waals surface area contributed by atoms with Crippen LogP contribution in [0.4, 0.5) is 33.9 Å². The van der Waals surface area contributed by atoms with Gasteiger partial charge in [0.1, 0.15) is 23.5 Å². The van der Waals surface area contributed by atoms with E-state index >= 15 is 0 Å². The number of alkyl halides is 4. The average molecular weight is 947 g/mol. The molecule has 5 fully saturated rings. The molecule has 3 atom stereocenters. The SMILES string of the molecule is Cn1c(=O)n(C2CCC(=O)NC2=O)c2cccc(CCCOC3CCN(CC4CCC(n5cc(NC(=O)c6cnn7ccc(N8C(=O)N[C@@H]9[C@H]8CCCC9(F)F)nc67)c(C(F)F)n5)CC4)CC3)c21. The highest BCUT2D eigenvalue weighted by molar-refractivity contribution is 6.08. The van der Waals surface area contributed by atoms with Gasteiger partial charge in [0.25, 0.3) is 18.3 Å². The molecular weight excluding hydrogens is 893 g/mol. The van der Waals surface area contributed by atoms with Crippen LogP contribution in [-0.4, -0.2) is 113 Å². The summed E-state index contributed by atoms with van der Waals surface area (Å²) in [5.74, 6) is -4.11. The molecule has 2 aliphatic carbocycles. The van der Waals surface area contributed by atoms with Crippen LogP contribution >= 0.6 is 0 Å². The first-order valence-corrected chi connectivity index (χ1v) is 23.6. The van der Waals surface area contributed by atoms with E-state index in [9.17, 15) is 41.5 Å². The van der Waals surface area contributed by atoms with Crippen LogP contribution < -0.4 is 26.5 Å². The number of benzene rings is 1. The Kier molecular flexibility index (Phi) is 12.3. The lowest BCUT2D eigenvalue weighted by Gasteiger charge is -2.36. The van der Waals surface area contributed by atoms with Crippen LogP contribution in [0.5, 0.6) is 0 Å². The van der Waals surface area contributed by atoms with Crippen molar-refractivity contribution in [1.82, 2.24) is 49.0 Å². The number of halogens is 4. The summed E-state index contributed by atoms with van der Waals surface area (Å²) in [7, 11) is 1.71. The van der Waals surface area contributed by atoms with E-state index in [1.54, 1.807) is 11.6 Å². The highest BCUT2D eigenvalue weighted by Gasteiger charge is 2.55. The van der Waals surface area contributed by atoms with Crippen molar-refractivity contribution in [2.24, 2.45) is 13.0 Å². The molecule has 362 valence electrons. The first-order chi connectivity index (χ1) is 32.7. The summed E-state index contributed by atoms with van der Waals surface area (Å²) in [6.45, 7) is 3.34. The maximum Gasteiger partial charge on any atom is 0.329 e. The average Bonchev–Trinajstić information content (AvgIpc) is 4.09. The molecule has 4 aromatic heterocycles. The Labute approximate surface area is 387 Å². The monoisotopic (exact) mass is 946 g/mol. The normalized spacial score (nSPS) is 24.8. The number of amides is 5. The van der Waals surface area contributed by atoms with Crippen LogP contribution in [0, 0.1) is 5.92 Å². The molecule has 3 N–H and O–H groups in total. The molecule has 5 amide bonds. The molecule has 22 heteroatoms. The number of hydrogen-bond acceptors (Lipinski definition) is 10. The Hall–Kier alpha value is -6.16. The number of imidazole rings is 1. The van der Waals surface area contributed by atoms with Crippen molar-refractivity contribution in [3.63, 3.8) is 0 Å². The van der Waals surface area contributed by atoms with Gasteiger partial charge in [-0.1, -0.05) is 12.1 Å². The predicted octanol–water partition coefficient (Wildman–Crippen LogP) is 5.68. The molecule has 18 nitrogen and oxygen atoms in total. The molecule has 7 heterocycles. The van der Waals surface area contributed by atoms with Gasteiger partial charge in [-0.15, -0.1) is 0 Å². The Bertz CT molecular complexity index is 2810. The molecule has 0 bridgehead atoms. The highest BCUT2D eigenvalue weighted by atomic mass is 19.3. The van der Waals surface area contributed by atoms with Crippen LogP contribution in [0.15, 0.2) is 47.7 Å². The van der Waals surface area contributed by atoms with Gasteiger partial charge >= 0.3 is 11.7 Å². The van der Waals surface area contributed by atoms with Crippen LogP contribution in [-0.2, 0) is 27.8 Å². The van der Waals surface area contributed by atoms with Crippen molar-refractivity contribution in [3.8, 4) is 0 Å². The van der Waals surface area contributed by atoms with Crippen molar-refractivity contribution in [2.75, 3.05) is 36.5 Å². The topological polar surface area (TPSA) is 195 Å². The van der Waals surface area contributed by atoms with Crippen molar-refractivity contribution < 1.29 is 41.5 Å². The Morgan fingerprint density at radius 3 is 2.57 bits per heavy atom. The minimum absolute atomic E-state index is 0.0269. The zero-order valence-electron chi connectivity index (χ0n) is 37.6. The Balaban J connectivity index is 0.693. The van der Waals surface area contributed by atoms with Crippen molar-refractivity contribution in [2.45, 2.75) is 126 Å². The number of anilines is 2. The second kappa shape index (κ2) is 18.4. The number of fused-ring (bicyclic) bond motifs is 3. The summed E-state index contributed by atoms with van der Waals surface area (Å²) in [5, 5.41) is 15.7. The van der Waals surface area contributed by atoms with Crippen molar-refractivity contribution in [1.29, 1.82) is 0 Å². The molecule has 5 aliphatic rings. The summed E-state index contributed by atoms with van der Waals surface area (Å²) in [6, 6.07) is 3.42. The number of piperidine rings is 2. The number of imide groups is 1. The number of carbonyl (C=O) groups is 4. The summed E-state index contributed by atoms with van der Waals surface area (Å²) in [4.78, 5) is 72.3. The minimum Gasteiger partial charge on any atom is -0.378 e. The zero-order valence-corrected chi connectivity index (χ0v) is 37.6. The molecule has 3 saturated heterocycles. The number of aryl methyl sites for hydroxylation is 2. The minimum atomic E-state index is -3.07. The third-order valence-electron chi connectivity index (χ3n) is 14.6. The molecule has 5 aromatic rings. The first kappa shape index (κ1) is 45.6. The fourth-order valence-electron chi connectivity index (χ4n) is 11.1. The van der Waals surface area contributed by atoms with Crippen LogP contribution in [0.2, 0.25) is 0 Å². The maximum absolute atomic E-state index is 14.7. The van der Waals surface area contributed by atoms with E-state index in [1.165, 1.54) is 43.3 Å². The van der Waals surface area contributed by atoms with E-state index in [2.05, 4.69) is 36.0 Å². The number of hydrogen-bond donors (Lipinski definition) is 3. The smallest absolute Gasteiger partial charge is 0.329 e. The molecule has 1 aromatic carbocycles. The van der Waals surface area contributed by atoms with Gasteiger partial charge in [0, 0.05) is 58.5 Å². The van der Waals surface area contributed by atoms with E-state index in [1.807, 2.05) is 18.2 Å². The van der Waals surface area contributed by atoms with Crippen molar-refractivity contribution >= 4 is 51.9 Å². The quantitative estimate of drug-likeness (QED) is 0.0752. The van der Waals surface area contributed by atoms with E-state index < -0.39 is 54.0 Å². The Morgan fingerprint density at radius 2 is 1.81 bits per heavy atom. The zero-order chi connectivity index (χ0) is 47.4. The number of nitrogens with zero attached hydrogens (tertiary/aromatic N) is 9. The number of urea groups is 1. The largest absolute Gasteiger partial charge is 0.378 e. The number of para-hydroxylation sites is 1. The third-order valence-corrected chi connectivity index (χ3v) is 14.6. The fraction of sp³-hybridized carbons (Fsp3) is 0.565. The summed E-state index contributed by atoms with van der Waals surface area (Å²) in [6.07, 6.45) is 8.60. The van der Waals surface area contributed by atoms with E-state index in [-0.39, 0.29) is 72.1 Å². The highest BCUT2D eigenvalue weighted by Crippen LogP contribution is 2.41. The number of rotatable bonds is 13. The number of ether oxygens (including phenoxy) is 1. The lowest BCUT2D eigenvalue weighted by molar-refractivity contribution is -0.135.